The Kier molecular flexibility index (Phi) is 6.86. The highest BCUT2D eigenvalue weighted by Gasteiger charge is 2.05. The summed E-state index contributed by atoms with van der Waals surface area (Å²) >= 11 is 5.48. The molecule has 0 aliphatic heterocycles. The number of sulfone groups is 1. The fourth-order valence-electron chi connectivity index (χ4n) is 0.914. The van der Waals surface area contributed by atoms with Crippen molar-refractivity contribution in [1.29, 1.82) is 0 Å². The van der Waals surface area contributed by atoms with E-state index in [1.807, 2.05) is 0 Å². The molecule has 0 heterocycles. The van der Waals surface area contributed by atoms with Gasteiger partial charge in [0, 0.05) is 11.6 Å². The Morgan fingerprint density at radius 3 is 2.17 bits per heavy atom. The minimum atomic E-state index is -2.74. The van der Waals surface area contributed by atoms with Crippen LogP contribution in [0.5, 0.6) is 0 Å². The molecule has 0 spiro atoms. The first kappa shape index (κ1) is 12.2. The van der Waals surface area contributed by atoms with Crippen LogP contribution in [0.25, 0.3) is 0 Å². The van der Waals surface area contributed by atoms with Crippen LogP contribution in [-0.4, -0.2) is 25.8 Å². The largest absolute Gasteiger partial charge is 0.229 e. The third kappa shape index (κ3) is 6.92. The maximum absolute atomic E-state index is 11.0. The summed E-state index contributed by atoms with van der Waals surface area (Å²) in [4.78, 5) is 0. The zero-order valence-electron chi connectivity index (χ0n) is 7.55. The second-order valence-corrected chi connectivity index (χ2v) is 5.69. The Morgan fingerprint density at radius 1 is 1.08 bits per heavy atom. The SMILES string of the molecule is CCS(=O)(=O)CCCCCCCl. The van der Waals surface area contributed by atoms with E-state index >= 15 is 0 Å². The van der Waals surface area contributed by atoms with E-state index in [2.05, 4.69) is 0 Å². The van der Waals surface area contributed by atoms with Crippen LogP contribution in [0.15, 0.2) is 0 Å². The van der Waals surface area contributed by atoms with Gasteiger partial charge in [0.2, 0.25) is 0 Å². The highest BCUT2D eigenvalue weighted by atomic mass is 35.5. The van der Waals surface area contributed by atoms with E-state index in [9.17, 15) is 8.42 Å². The highest BCUT2D eigenvalue weighted by Crippen LogP contribution is 2.03. The Labute approximate surface area is 80.2 Å². The maximum Gasteiger partial charge on any atom is 0.150 e. The molecule has 0 N–H and O–H groups in total. The number of hydrogen-bond acceptors (Lipinski definition) is 2. The molecule has 0 aromatic heterocycles. The summed E-state index contributed by atoms with van der Waals surface area (Å²) in [7, 11) is -2.74. The fourth-order valence-corrected chi connectivity index (χ4v) is 2.04. The number of rotatable bonds is 7. The quantitative estimate of drug-likeness (QED) is 0.479. The summed E-state index contributed by atoms with van der Waals surface area (Å²) in [5.74, 6) is 1.29. The number of alkyl halides is 1. The molecule has 0 bridgehead atoms. The lowest BCUT2D eigenvalue weighted by atomic mass is 10.2. The van der Waals surface area contributed by atoms with Crippen molar-refractivity contribution >= 4 is 21.4 Å². The molecule has 0 aliphatic carbocycles. The normalized spacial score (nSPS) is 11.8. The van der Waals surface area contributed by atoms with Gasteiger partial charge in [0.15, 0.2) is 0 Å². The van der Waals surface area contributed by atoms with E-state index in [0.717, 1.165) is 25.7 Å². The van der Waals surface area contributed by atoms with Gasteiger partial charge < -0.3 is 0 Å². The second-order valence-electron chi connectivity index (χ2n) is 2.84. The average Bonchev–Trinajstić information content (AvgIpc) is 2.04. The molecular weight excluding hydrogens is 196 g/mol. The second kappa shape index (κ2) is 6.72. The minimum Gasteiger partial charge on any atom is -0.229 e. The van der Waals surface area contributed by atoms with Gasteiger partial charge in [-0.2, -0.15) is 0 Å². The van der Waals surface area contributed by atoms with Gasteiger partial charge in [-0.15, -0.1) is 11.6 Å². The predicted octanol–water partition coefficient (Wildman–Crippen LogP) is 2.22. The van der Waals surface area contributed by atoms with Crippen molar-refractivity contribution in [3.05, 3.63) is 0 Å². The summed E-state index contributed by atoms with van der Waals surface area (Å²) in [6, 6.07) is 0. The van der Waals surface area contributed by atoms with E-state index in [1.54, 1.807) is 6.92 Å². The zero-order valence-corrected chi connectivity index (χ0v) is 9.12. The number of hydrogen-bond donors (Lipinski definition) is 0. The van der Waals surface area contributed by atoms with Crippen LogP contribution in [0.3, 0.4) is 0 Å². The zero-order chi connectivity index (χ0) is 9.45. The van der Waals surface area contributed by atoms with Crippen LogP contribution >= 0.6 is 11.6 Å². The minimum absolute atomic E-state index is 0.266. The topological polar surface area (TPSA) is 34.1 Å². The molecule has 0 fully saturated rings. The van der Waals surface area contributed by atoms with Gasteiger partial charge in [-0.25, -0.2) is 8.42 Å². The first-order valence-electron chi connectivity index (χ1n) is 4.39. The average molecular weight is 213 g/mol. The molecule has 0 aromatic carbocycles. The standard InChI is InChI=1S/C8H17ClO2S/c1-2-12(10,11)8-6-4-3-5-7-9/h2-8H2,1H3. The van der Waals surface area contributed by atoms with Crippen molar-refractivity contribution in [2.75, 3.05) is 17.4 Å². The summed E-state index contributed by atoms with van der Waals surface area (Å²) < 4.78 is 22.0. The molecule has 0 unspecified atom stereocenters. The maximum atomic E-state index is 11.0. The molecular formula is C8H17ClO2S. The molecule has 2 nitrogen and oxygen atoms in total. The van der Waals surface area contributed by atoms with Crippen LogP contribution in [-0.2, 0) is 9.84 Å². The monoisotopic (exact) mass is 212 g/mol. The Bertz CT molecular complexity index is 187. The van der Waals surface area contributed by atoms with E-state index in [0.29, 0.717) is 11.6 Å². The van der Waals surface area contributed by atoms with E-state index in [4.69, 9.17) is 11.6 Å². The third-order valence-corrected chi connectivity index (χ3v) is 3.84. The first-order chi connectivity index (χ1) is 5.62. The summed E-state index contributed by atoms with van der Waals surface area (Å²) in [6.45, 7) is 1.69. The number of unbranched alkanes of at least 4 members (excludes halogenated alkanes) is 3. The molecule has 0 rings (SSSR count). The van der Waals surface area contributed by atoms with Gasteiger partial charge in [0.25, 0.3) is 0 Å². The third-order valence-electron chi connectivity index (χ3n) is 1.78. The molecule has 0 atom stereocenters. The lowest BCUT2D eigenvalue weighted by molar-refractivity contribution is 0.590. The smallest absolute Gasteiger partial charge is 0.150 e. The lowest BCUT2D eigenvalue weighted by Gasteiger charge is -1.99. The fraction of sp³-hybridized carbons (Fsp3) is 1.00. The molecule has 74 valence electrons. The van der Waals surface area contributed by atoms with Crippen LogP contribution in [0.1, 0.15) is 32.6 Å². The van der Waals surface area contributed by atoms with E-state index < -0.39 is 9.84 Å². The Morgan fingerprint density at radius 2 is 1.67 bits per heavy atom. The van der Waals surface area contributed by atoms with Gasteiger partial charge >= 0.3 is 0 Å². The van der Waals surface area contributed by atoms with Gasteiger partial charge in [-0.3, -0.25) is 0 Å². The van der Waals surface area contributed by atoms with Crippen LogP contribution in [0.4, 0.5) is 0 Å². The van der Waals surface area contributed by atoms with Crippen molar-refractivity contribution in [2.45, 2.75) is 32.6 Å². The molecule has 0 aromatic rings. The van der Waals surface area contributed by atoms with Crippen molar-refractivity contribution in [3.8, 4) is 0 Å². The number of halogens is 1. The molecule has 0 amide bonds. The first-order valence-corrected chi connectivity index (χ1v) is 6.74. The molecule has 0 aliphatic rings. The van der Waals surface area contributed by atoms with Gasteiger partial charge in [0.05, 0.1) is 5.75 Å². The van der Waals surface area contributed by atoms with Crippen LogP contribution < -0.4 is 0 Å². The van der Waals surface area contributed by atoms with E-state index in [-0.39, 0.29) is 5.75 Å². The molecule has 4 heteroatoms. The van der Waals surface area contributed by atoms with Crippen LogP contribution in [0.2, 0.25) is 0 Å². The molecule has 0 saturated carbocycles. The van der Waals surface area contributed by atoms with Crippen molar-refractivity contribution in [2.24, 2.45) is 0 Å². The van der Waals surface area contributed by atoms with Crippen LogP contribution in [0, 0.1) is 0 Å². The Balaban J connectivity index is 3.32. The molecule has 0 saturated heterocycles. The van der Waals surface area contributed by atoms with Crippen molar-refractivity contribution in [3.63, 3.8) is 0 Å². The Hall–Kier alpha value is 0.240. The van der Waals surface area contributed by atoms with E-state index in [1.165, 1.54) is 0 Å². The molecule has 12 heavy (non-hydrogen) atoms. The van der Waals surface area contributed by atoms with Crippen molar-refractivity contribution in [1.82, 2.24) is 0 Å². The highest BCUT2D eigenvalue weighted by molar-refractivity contribution is 7.91. The van der Waals surface area contributed by atoms with Crippen molar-refractivity contribution < 1.29 is 8.42 Å². The van der Waals surface area contributed by atoms with Gasteiger partial charge in [-0.1, -0.05) is 19.8 Å². The molecule has 0 radical (unpaired) electrons. The lowest BCUT2D eigenvalue weighted by Crippen LogP contribution is -2.08. The van der Waals surface area contributed by atoms with Gasteiger partial charge in [0.1, 0.15) is 9.84 Å². The summed E-state index contributed by atoms with van der Waals surface area (Å²) in [6.07, 6.45) is 3.80. The summed E-state index contributed by atoms with van der Waals surface area (Å²) in [5.41, 5.74) is 0. The predicted molar refractivity (Wildman–Crippen MR) is 53.5 cm³/mol. The summed E-state index contributed by atoms with van der Waals surface area (Å²) in [5, 5.41) is 0. The van der Waals surface area contributed by atoms with Gasteiger partial charge in [-0.05, 0) is 12.8 Å².